The summed E-state index contributed by atoms with van der Waals surface area (Å²) in [6.45, 7) is 1.96. The Hall–Kier alpha value is -1.42. The summed E-state index contributed by atoms with van der Waals surface area (Å²) >= 11 is 1.60. The number of benzene rings is 1. The van der Waals surface area contributed by atoms with Gasteiger partial charge >= 0.3 is 5.97 Å². The molecule has 1 fully saturated rings. The maximum absolute atomic E-state index is 11.5. The molecule has 1 aromatic heterocycles. The summed E-state index contributed by atoms with van der Waals surface area (Å²) in [5.41, 5.74) is 1.23. The van der Waals surface area contributed by atoms with Crippen molar-refractivity contribution >= 4 is 27.5 Å². The third kappa shape index (κ3) is 1.40. The van der Waals surface area contributed by atoms with Crippen LogP contribution in [0, 0.1) is 6.92 Å². The molecule has 1 heterocycles. The van der Waals surface area contributed by atoms with Crippen molar-refractivity contribution in [2.45, 2.75) is 31.6 Å². The summed E-state index contributed by atoms with van der Waals surface area (Å²) < 4.78 is 1.05. The highest BCUT2D eigenvalue weighted by molar-refractivity contribution is 7.18. The molecule has 2 aromatic rings. The maximum Gasteiger partial charge on any atom is 0.314 e. The van der Waals surface area contributed by atoms with Crippen LogP contribution in [0.2, 0.25) is 0 Å². The van der Waals surface area contributed by atoms with Crippen LogP contribution in [0.5, 0.6) is 0 Å². The first-order valence-electron chi connectivity index (χ1n) is 5.73. The van der Waals surface area contributed by atoms with Gasteiger partial charge in [0, 0.05) is 0 Å². The third-order valence-electron chi connectivity index (χ3n) is 3.65. The van der Waals surface area contributed by atoms with Gasteiger partial charge in [0.25, 0.3) is 0 Å². The summed E-state index contributed by atoms with van der Waals surface area (Å²) in [6.07, 6.45) is 2.50. The number of thiazole rings is 1. The SMILES string of the molecule is Cc1nc2cccc(C3(C(=O)O)CCC3)c2s1. The molecule has 1 N–H and O–H groups in total. The number of carboxylic acid groups (broad SMARTS) is 1. The predicted octanol–water partition coefficient (Wildman–Crippen LogP) is 3.11. The van der Waals surface area contributed by atoms with Gasteiger partial charge in [-0.3, -0.25) is 4.79 Å². The van der Waals surface area contributed by atoms with E-state index in [-0.39, 0.29) is 0 Å². The molecule has 0 atom stereocenters. The zero-order chi connectivity index (χ0) is 12.0. The Balaban J connectivity index is 2.26. The van der Waals surface area contributed by atoms with Gasteiger partial charge in [-0.15, -0.1) is 11.3 Å². The Labute approximate surface area is 103 Å². The number of hydrogen-bond acceptors (Lipinski definition) is 3. The molecule has 4 heteroatoms. The second kappa shape index (κ2) is 3.53. The molecular weight excluding hydrogens is 234 g/mol. The van der Waals surface area contributed by atoms with E-state index in [1.807, 2.05) is 25.1 Å². The lowest BCUT2D eigenvalue weighted by Crippen LogP contribution is -2.42. The van der Waals surface area contributed by atoms with Crippen LogP contribution in [-0.2, 0) is 10.2 Å². The molecule has 17 heavy (non-hydrogen) atoms. The zero-order valence-electron chi connectivity index (χ0n) is 9.56. The first kappa shape index (κ1) is 10.7. The quantitative estimate of drug-likeness (QED) is 0.887. The van der Waals surface area contributed by atoms with Crippen LogP contribution >= 0.6 is 11.3 Å². The van der Waals surface area contributed by atoms with Crippen molar-refractivity contribution in [1.82, 2.24) is 4.98 Å². The first-order valence-corrected chi connectivity index (χ1v) is 6.55. The van der Waals surface area contributed by atoms with E-state index in [1.165, 1.54) is 0 Å². The van der Waals surface area contributed by atoms with Crippen LogP contribution in [-0.4, -0.2) is 16.1 Å². The smallest absolute Gasteiger partial charge is 0.314 e. The van der Waals surface area contributed by atoms with Crippen LogP contribution < -0.4 is 0 Å². The number of aromatic nitrogens is 1. The van der Waals surface area contributed by atoms with Crippen molar-refractivity contribution in [3.63, 3.8) is 0 Å². The molecule has 3 rings (SSSR count). The fourth-order valence-corrected chi connectivity index (χ4v) is 3.60. The minimum Gasteiger partial charge on any atom is -0.481 e. The molecule has 1 saturated carbocycles. The number of aryl methyl sites for hydroxylation is 1. The maximum atomic E-state index is 11.5. The molecule has 1 aromatic carbocycles. The highest BCUT2D eigenvalue weighted by atomic mass is 32.1. The van der Waals surface area contributed by atoms with Crippen molar-refractivity contribution in [3.05, 3.63) is 28.8 Å². The van der Waals surface area contributed by atoms with Crippen molar-refractivity contribution in [1.29, 1.82) is 0 Å². The number of fused-ring (bicyclic) bond motifs is 1. The van der Waals surface area contributed by atoms with E-state index in [2.05, 4.69) is 4.98 Å². The van der Waals surface area contributed by atoms with E-state index < -0.39 is 11.4 Å². The molecule has 0 radical (unpaired) electrons. The monoisotopic (exact) mass is 247 g/mol. The van der Waals surface area contributed by atoms with Gasteiger partial charge in [-0.05, 0) is 31.4 Å². The number of carboxylic acids is 1. The van der Waals surface area contributed by atoms with Gasteiger partial charge in [-0.25, -0.2) is 4.98 Å². The second-order valence-corrected chi connectivity index (χ2v) is 5.83. The summed E-state index contributed by atoms with van der Waals surface area (Å²) in [5, 5.41) is 10.5. The number of rotatable bonds is 2. The van der Waals surface area contributed by atoms with Crippen molar-refractivity contribution < 1.29 is 9.90 Å². The van der Waals surface area contributed by atoms with Crippen LogP contribution in [0.3, 0.4) is 0 Å². The Bertz CT molecular complexity index is 598. The minimum absolute atomic E-state index is 0.654. The molecule has 0 unspecified atom stereocenters. The average molecular weight is 247 g/mol. The molecule has 0 aliphatic heterocycles. The van der Waals surface area contributed by atoms with E-state index in [0.29, 0.717) is 0 Å². The van der Waals surface area contributed by atoms with Crippen molar-refractivity contribution in [2.75, 3.05) is 0 Å². The highest BCUT2D eigenvalue weighted by Gasteiger charge is 2.47. The van der Waals surface area contributed by atoms with Gasteiger partial charge in [-0.2, -0.15) is 0 Å². The average Bonchev–Trinajstić information content (AvgIpc) is 2.56. The van der Waals surface area contributed by atoms with Crippen LogP contribution in [0.4, 0.5) is 0 Å². The van der Waals surface area contributed by atoms with Gasteiger partial charge in [0.15, 0.2) is 0 Å². The number of aliphatic carboxylic acids is 1. The summed E-state index contributed by atoms with van der Waals surface area (Å²) in [7, 11) is 0. The second-order valence-electron chi connectivity index (χ2n) is 4.63. The Morgan fingerprint density at radius 2 is 2.24 bits per heavy atom. The van der Waals surface area contributed by atoms with Crippen LogP contribution in [0.1, 0.15) is 29.8 Å². The van der Waals surface area contributed by atoms with E-state index in [0.717, 1.165) is 40.1 Å². The molecule has 0 amide bonds. The van der Waals surface area contributed by atoms with Gasteiger partial charge in [-0.1, -0.05) is 18.6 Å². The predicted molar refractivity (Wildman–Crippen MR) is 67.5 cm³/mol. The van der Waals surface area contributed by atoms with E-state index in [9.17, 15) is 9.90 Å². The topological polar surface area (TPSA) is 50.2 Å². The van der Waals surface area contributed by atoms with Crippen molar-refractivity contribution in [3.8, 4) is 0 Å². The van der Waals surface area contributed by atoms with E-state index >= 15 is 0 Å². The molecule has 3 nitrogen and oxygen atoms in total. The standard InChI is InChI=1S/C13H13NO2S/c1-8-14-10-5-2-4-9(11(10)17-8)13(12(15)16)6-3-7-13/h2,4-5H,3,6-7H2,1H3,(H,15,16). The molecule has 0 bridgehead atoms. The van der Waals surface area contributed by atoms with Gasteiger partial charge in [0.05, 0.1) is 20.6 Å². The molecule has 0 spiro atoms. The Morgan fingerprint density at radius 3 is 2.82 bits per heavy atom. The number of carbonyl (C=O) groups is 1. The largest absolute Gasteiger partial charge is 0.481 e. The summed E-state index contributed by atoms with van der Waals surface area (Å²) in [6, 6.07) is 5.82. The summed E-state index contributed by atoms with van der Waals surface area (Å²) in [4.78, 5) is 16.0. The third-order valence-corrected chi connectivity index (χ3v) is 4.67. The zero-order valence-corrected chi connectivity index (χ0v) is 10.4. The lowest BCUT2D eigenvalue weighted by Gasteiger charge is -2.38. The first-order chi connectivity index (χ1) is 8.13. The lowest BCUT2D eigenvalue weighted by molar-refractivity contribution is -0.147. The summed E-state index contributed by atoms with van der Waals surface area (Å²) in [5.74, 6) is -0.692. The molecule has 0 saturated heterocycles. The highest BCUT2D eigenvalue weighted by Crippen LogP contribution is 2.47. The molecule has 88 valence electrons. The fourth-order valence-electron chi connectivity index (χ4n) is 2.57. The Morgan fingerprint density at radius 1 is 1.47 bits per heavy atom. The van der Waals surface area contributed by atoms with Crippen LogP contribution in [0.15, 0.2) is 18.2 Å². The molecule has 1 aliphatic rings. The van der Waals surface area contributed by atoms with Gasteiger partial charge < -0.3 is 5.11 Å². The number of nitrogens with zero attached hydrogens (tertiary/aromatic N) is 1. The minimum atomic E-state index is -0.692. The van der Waals surface area contributed by atoms with E-state index in [4.69, 9.17) is 0 Å². The van der Waals surface area contributed by atoms with E-state index in [1.54, 1.807) is 11.3 Å². The van der Waals surface area contributed by atoms with Crippen LogP contribution in [0.25, 0.3) is 10.2 Å². The van der Waals surface area contributed by atoms with Crippen molar-refractivity contribution in [2.24, 2.45) is 0 Å². The van der Waals surface area contributed by atoms with Gasteiger partial charge in [0.2, 0.25) is 0 Å². The normalized spacial score (nSPS) is 17.9. The molecule has 1 aliphatic carbocycles. The number of hydrogen-bond donors (Lipinski definition) is 1. The fraction of sp³-hybridized carbons (Fsp3) is 0.385. The Kier molecular flexibility index (Phi) is 2.23. The molecular formula is C13H13NO2S. The lowest BCUT2D eigenvalue weighted by atomic mass is 9.64. The van der Waals surface area contributed by atoms with Gasteiger partial charge in [0.1, 0.15) is 0 Å².